The van der Waals surface area contributed by atoms with Crippen LogP contribution in [-0.4, -0.2) is 27.4 Å². The van der Waals surface area contributed by atoms with Crippen LogP contribution in [0.15, 0.2) is 42.6 Å². The third kappa shape index (κ3) is 4.25. The molecule has 7 heteroatoms. The van der Waals surface area contributed by atoms with E-state index >= 15 is 0 Å². The van der Waals surface area contributed by atoms with Crippen LogP contribution >= 0.6 is 0 Å². The number of benzene rings is 1. The summed E-state index contributed by atoms with van der Waals surface area (Å²) in [5.74, 6) is 0.490. The predicted molar refractivity (Wildman–Crippen MR) is 119 cm³/mol. The molecule has 0 spiro atoms. The summed E-state index contributed by atoms with van der Waals surface area (Å²) in [6.07, 6.45) is 2.57. The molecule has 1 amide bonds. The molecule has 4 rings (SSSR count). The highest BCUT2D eigenvalue weighted by atomic mass is 16.1. The van der Waals surface area contributed by atoms with E-state index in [0.717, 1.165) is 41.3 Å². The van der Waals surface area contributed by atoms with Crippen molar-refractivity contribution in [2.24, 2.45) is 0 Å². The number of pyridine rings is 1. The van der Waals surface area contributed by atoms with Gasteiger partial charge in [-0.05, 0) is 42.7 Å². The fourth-order valence-electron chi connectivity index (χ4n) is 3.67. The van der Waals surface area contributed by atoms with Gasteiger partial charge >= 0.3 is 0 Å². The first-order chi connectivity index (χ1) is 14.4. The Bertz CT molecular complexity index is 1090. The summed E-state index contributed by atoms with van der Waals surface area (Å²) in [5, 5.41) is 2.98. The molecule has 0 radical (unpaired) electrons. The highest BCUT2D eigenvalue weighted by molar-refractivity contribution is 6.03. The van der Waals surface area contributed by atoms with Crippen molar-refractivity contribution in [2.45, 2.75) is 39.7 Å². The number of carbonyl (C=O) groups excluding carboxylic acids is 1. The summed E-state index contributed by atoms with van der Waals surface area (Å²) >= 11 is 0. The number of nitrogen functional groups attached to an aromatic ring is 1. The van der Waals surface area contributed by atoms with E-state index in [2.05, 4.69) is 45.1 Å². The summed E-state index contributed by atoms with van der Waals surface area (Å²) < 4.78 is 0. The zero-order valence-corrected chi connectivity index (χ0v) is 17.5. The fraction of sp³-hybridized carbons (Fsp3) is 0.304. The van der Waals surface area contributed by atoms with Crippen molar-refractivity contribution in [2.75, 3.05) is 22.5 Å². The highest BCUT2D eigenvalue weighted by Crippen LogP contribution is 2.25. The number of rotatable bonds is 4. The molecule has 0 saturated heterocycles. The van der Waals surface area contributed by atoms with Crippen LogP contribution in [0.4, 0.5) is 17.3 Å². The number of nitrogens with two attached hydrogens (primary N) is 1. The molecular weight excluding hydrogens is 376 g/mol. The fourth-order valence-corrected chi connectivity index (χ4v) is 3.67. The van der Waals surface area contributed by atoms with Gasteiger partial charge in [-0.3, -0.25) is 4.79 Å². The minimum Gasteiger partial charge on any atom is -0.368 e. The standard InChI is InChI=1S/C23H26N6O/c1-14(2)16-5-4-6-18(10-16)27-22(30)21-11-19(9-15(3)26-21)29-8-7-20-17(13-29)12-25-23(24)28-20/h4-6,9-12,14H,7-8,13H2,1-3H3,(H,27,30)(H2,24,25,28). The molecule has 0 bridgehead atoms. The Balaban J connectivity index is 1.55. The van der Waals surface area contributed by atoms with E-state index in [1.165, 1.54) is 5.56 Å². The topological polar surface area (TPSA) is 97.0 Å². The molecule has 154 valence electrons. The average Bonchev–Trinajstić information content (AvgIpc) is 2.73. The first-order valence-electron chi connectivity index (χ1n) is 10.1. The molecule has 1 aliphatic rings. The smallest absolute Gasteiger partial charge is 0.274 e. The lowest BCUT2D eigenvalue weighted by Gasteiger charge is -2.30. The lowest BCUT2D eigenvalue weighted by atomic mass is 10.0. The number of hydrogen-bond donors (Lipinski definition) is 2. The lowest BCUT2D eigenvalue weighted by Crippen LogP contribution is -2.31. The molecule has 3 aromatic rings. The van der Waals surface area contributed by atoms with Crippen LogP contribution in [0.25, 0.3) is 0 Å². The monoisotopic (exact) mass is 402 g/mol. The van der Waals surface area contributed by atoms with E-state index in [9.17, 15) is 4.79 Å². The van der Waals surface area contributed by atoms with Gasteiger partial charge in [0.05, 0.1) is 5.69 Å². The van der Waals surface area contributed by atoms with Crippen molar-refractivity contribution in [3.8, 4) is 0 Å². The Labute approximate surface area is 176 Å². The van der Waals surface area contributed by atoms with E-state index < -0.39 is 0 Å². The van der Waals surface area contributed by atoms with E-state index in [1.807, 2.05) is 37.3 Å². The van der Waals surface area contributed by atoms with Gasteiger partial charge in [-0.15, -0.1) is 0 Å². The van der Waals surface area contributed by atoms with Crippen LogP contribution in [-0.2, 0) is 13.0 Å². The van der Waals surface area contributed by atoms with Gasteiger partial charge in [0.2, 0.25) is 5.95 Å². The molecular formula is C23H26N6O. The van der Waals surface area contributed by atoms with Gasteiger partial charge in [-0.1, -0.05) is 26.0 Å². The van der Waals surface area contributed by atoms with Gasteiger partial charge < -0.3 is 16.0 Å². The predicted octanol–water partition coefficient (Wildman–Crippen LogP) is 3.70. The number of aryl methyl sites for hydroxylation is 1. The maximum Gasteiger partial charge on any atom is 0.274 e. The van der Waals surface area contributed by atoms with Gasteiger partial charge in [0.1, 0.15) is 5.69 Å². The maximum atomic E-state index is 12.9. The van der Waals surface area contributed by atoms with Crippen molar-refractivity contribution < 1.29 is 4.79 Å². The number of fused-ring (bicyclic) bond motifs is 1. The average molecular weight is 403 g/mol. The van der Waals surface area contributed by atoms with Gasteiger partial charge in [0.15, 0.2) is 0 Å². The third-order valence-corrected chi connectivity index (χ3v) is 5.30. The number of amides is 1. The Morgan fingerprint density at radius 1 is 1.20 bits per heavy atom. The molecule has 1 aromatic carbocycles. The van der Waals surface area contributed by atoms with Gasteiger partial charge in [0, 0.05) is 48.3 Å². The molecule has 30 heavy (non-hydrogen) atoms. The normalized spacial score (nSPS) is 13.3. The SMILES string of the molecule is Cc1cc(N2CCc3nc(N)ncc3C2)cc(C(=O)Nc2cccc(C(C)C)c2)n1. The zero-order valence-electron chi connectivity index (χ0n) is 17.5. The molecule has 1 aliphatic heterocycles. The number of anilines is 3. The van der Waals surface area contributed by atoms with Crippen molar-refractivity contribution in [1.82, 2.24) is 15.0 Å². The van der Waals surface area contributed by atoms with Crippen LogP contribution in [0.3, 0.4) is 0 Å². The summed E-state index contributed by atoms with van der Waals surface area (Å²) in [6, 6.07) is 11.8. The number of hydrogen-bond acceptors (Lipinski definition) is 6. The molecule has 0 fully saturated rings. The van der Waals surface area contributed by atoms with Gasteiger partial charge in [0.25, 0.3) is 5.91 Å². The summed E-state index contributed by atoms with van der Waals surface area (Å²) in [7, 11) is 0. The second-order valence-electron chi connectivity index (χ2n) is 7.96. The van der Waals surface area contributed by atoms with E-state index in [-0.39, 0.29) is 5.91 Å². The molecule has 0 aliphatic carbocycles. The van der Waals surface area contributed by atoms with Crippen molar-refractivity contribution in [1.29, 1.82) is 0 Å². The summed E-state index contributed by atoms with van der Waals surface area (Å²) in [4.78, 5) is 28.0. The van der Waals surface area contributed by atoms with E-state index in [1.54, 1.807) is 6.20 Å². The number of nitrogens with zero attached hydrogens (tertiary/aromatic N) is 4. The maximum absolute atomic E-state index is 12.9. The molecule has 2 aromatic heterocycles. The van der Waals surface area contributed by atoms with Crippen molar-refractivity contribution in [3.63, 3.8) is 0 Å². The Kier molecular flexibility index (Phi) is 5.35. The third-order valence-electron chi connectivity index (χ3n) is 5.30. The first-order valence-corrected chi connectivity index (χ1v) is 10.1. The van der Waals surface area contributed by atoms with Crippen LogP contribution < -0.4 is 16.0 Å². The number of nitrogens with one attached hydrogen (secondary N) is 1. The van der Waals surface area contributed by atoms with Gasteiger partial charge in [-0.25, -0.2) is 15.0 Å². The summed E-state index contributed by atoms with van der Waals surface area (Å²) in [5.41, 5.74) is 11.9. The van der Waals surface area contributed by atoms with Crippen LogP contribution in [0.2, 0.25) is 0 Å². The number of carbonyl (C=O) groups is 1. The minimum atomic E-state index is -0.214. The Morgan fingerprint density at radius 3 is 2.83 bits per heavy atom. The van der Waals surface area contributed by atoms with Crippen LogP contribution in [0, 0.1) is 6.92 Å². The minimum absolute atomic E-state index is 0.214. The highest BCUT2D eigenvalue weighted by Gasteiger charge is 2.20. The molecule has 0 saturated carbocycles. The van der Waals surface area contributed by atoms with Crippen LogP contribution in [0.1, 0.15) is 52.8 Å². The second-order valence-corrected chi connectivity index (χ2v) is 7.96. The van der Waals surface area contributed by atoms with E-state index in [4.69, 9.17) is 5.73 Å². The molecule has 7 nitrogen and oxygen atoms in total. The second kappa shape index (κ2) is 8.10. The zero-order chi connectivity index (χ0) is 21.3. The van der Waals surface area contributed by atoms with Crippen molar-refractivity contribution in [3.05, 3.63) is 70.8 Å². The first kappa shape index (κ1) is 19.8. The van der Waals surface area contributed by atoms with Gasteiger partial charge in [-0.2, -0.15) is 0 Å². The molecule has 0 atom stereocenters. The lowest BCUT2D eigenvalue weighted by molar-refractivity contribution is 0.102. The summed E-state index contributed by atoms with van der Waals surface area (Å²) in [6.45, 7) is 7.64. The van der Waals surface area contributed by atoms with E-state index in [0.29, 0.717) is 24.1 Å². The quantitative estimate of drug-likeness (QED) is 0.691. The van der Waals surface area contributed by atoms with Crippen LogP contribution in [0.5, 0.6) is 0 Å². The van der Waals surface area contributed by atoms with Crippen molar-refractivity contribution >= 4 is 23.2 Å². The Morgan fingerprint density at radius 2 is 2.03 bits per heavy atom. The molecule has 0 unspecified atom stereocenters. The largest absolute Gasteiger partial charge is 0.368 e. The molecule has 3 heterocycles. The number of aromatic nitrogens is 3. The molecule has 3 N–H and O–H groups in total. The Hall–Kier alpha value is -3.48.